The number of fused-ring (bicyclic) bond motifs is 1. The van der Waals surface area contributed by atoms with E-state index in [0.717, 1.165) is 29.5 Å². The Labute approximate surface area is 148 Å². The quantitative estimate of drug-likeness (QED) is 0.739. The Morgan fingerprint density at radius 2 is 1.48 bits per heavy atom. The summed E-state index contributed by atoms with van der Waals surface area (Å²) in [7, 11) is -0.517. The van der Waals surface area contributed by atoms with Crippen molar-refractivity contribution in [3.63, 3.8) is 0 Å². The first kappa shape index (κ1) is 17.8. The molecule has 0 aliphatic heterocycles. The van der Waals surface area contributed by atoms with Crippen molar-refractivity contribution in [2.45, 2.75) is 24.7 Å². The van der Waals surface area contributed by atoms with Gasteiger partial charge in [0.25, 0.3) is 10.1 Å². The predicted octanol–water partition coefficient (Wildman–Crippen LogP) is 3.13. The molecule has 0 N–H and O–H groups in total. The molecule has 0 saturated carbocycles. The molecule has 6 heteroatoms. The van der Waals surface area contributed by atoms with Crippen molar-refractivity contribution in [3.8, 4) is 11.5 Å². The lowest BCUT2D eigenvalue weighted by atomic mass is 10.1. The van der Waals surface area contributed by atoms with Crippen molar-refractivity contribution in [2.24, 2.45) is 5.92 Å². The SMILES string of the molecule is COc1cc2c(cc1OC)CC(COS(=O)(=O)c1ccc(C)cc1)C2. The highest BCUT2D eigenvalue weighted by molar-refractivity contribution is 7.86. The second-order valence-electron chi connectivity index (χ2n) is 6.30. The highest BCUT2D eigenvalue weighted by Crippen LogP contribution is 2.37. The lowest BCUT2D eigenvalue weighted by molar-refractivity contribution is 0.259. The Bertz CT molecular complexity index is 823. The van der Waals surface area contributed by atoms with Crippen LogP contribution in [0, 0.1) is 12.8 Å². The predicted molar refractivity (Wildman–Crippen MR) is 94.8 cm³/mol. The van der Waals surface area contributed by atoms with Crippen LogP contribution in [0.1, 0.15) is 16.7 Å². The molecule has 0 radical (unpaired) electrons. The van der Waals surface area contributed by atoms with Gasteiger partial charge < -0.3 is 9.47 Å². The van der Waals surface area contributed by atoms with Crippen LogP contribution in [-0.4, -0.2) is 29.2 Å². The van der Waals surface area contributed by atoms with E-state index in [1.165, 1.54) is 0 Å². The average Bonchev–Trinajstić information content (AvgIpc) is 3.01. The maximum absolute atomic E-state index is 12.3. The second-order valence-corrected chi connectivity index (χ2v) is 7.92. The van der Waals surface area contributed by atoms with Gasteiger partial charge in [0.1, 0.15) is 0 Å². The molecule has 134 valence electrons. The Morgan fingerprint density at radius 3 is 1.96 bits per heavy atom. The zero-order chi connectivity index (χ0) is 18.0. The van der Waals surface area contributed by atoms with E-state index in [-0.39, 0.29) is 17.4 Å². The molecule has 3 rings (SSSR count). The van der Waals surface area contributed by atoms with E-state index >= 15 is 0 Å². The molecular formula is C19H22O5S. The van der Waals surface area contributed by atoms with Gasteiger partial charge in [0.05, 0.1) is 25.7 Å². The van der Waals surface area contributed by atoms with Crippen LogP contribution < -0.4 is 9.47 Å². The van der Waals surface area contributed by atoms with Gasteiger partial charge in [-0.15, -0.1) is 0 Å². The first-order chi connectivity index (χ1) is 11.9. The summed E-state index contributed by atoms with van der Waals surface area (Å²) < 4.78 is 40.6. The maximum atomic E-state index is 12.3. The fourth-order valence-electron chi connectivity index (χ4n) is 3.11. The minimum Gasteiger partial charge on any atom is -0.493 e. The molecule has 25 heavy (non-hydrogen) atoms. The molecule has 0 atom stereocenters. The smallest absolute Gasteiger partial charge is 0.296 e. The standard InChI is InChI=1S/C19H22O5S/c1-13-4-6-17(7-5-13)25(20,21)24-12-14-8-15-10-18(22-2)19(23-3)11-16(15)9-14/h4-7,10-11,14H,8-9,12H2,1-3H3. The number of ether oxygens (including phenoxy) is 2. The van der Waals surface area contributed by atoms with Crippen LogP contribution in [0.4, 0.5) is 0 Å². The van der Waals surface area contributed by atoms with Crippen LogP contribution >= 0.6 is 0 Å². The van der Waals surface area contributed by atoms with Crippen molar-refractivity contribution >= 4 is 10.1 Å². The van der Waals surface area contributed by atoms with E-state index in [1.807, 2.05) is 19.1 Å². The lowest BCUT2D eigenvalue weighted by Gasteiger charge is -2.10. The summed E-state index contributed by atoms with van der Waals surface area (Å²) in [6.45, 7) is 2.07. The van der Waals surface area contributed by atoms with Crippen molar-refractivity contribution in [1.29, 1.82) is 0 Å². The van der Waals surface area contributed by atoms with Gasteiger partial charge in [0.15, 0.2) is 11.5 Å². The number of rotatable bonds is 6. The van der Waals surface area contributed by atoms with Gasteiger partial charge in [0.2, 0.25) is 0 Å². The average molecular weight is 362 g/mol. The second kappa shape index (κ2) is 7.06. The number of methoxy groups -OCH3 is 2. The van der Waals surface area contributed by atoms with E-state index in [4.69, 9.17) is 13.7 Å². The van der Waals surface area contributed by atoms with E-state index in [0.29, 0.717) is 11.5 Å². The summed E-state index contributed by atoms with van der Waals surface area (Å²) in [5.41, 5.74) is 3.31. The van der Waals surface area contributed by atoms with Crippen molar-refractivity contribution < 1.29 is 22.1 Å². The van der Waals surface area contributed by atoms with Gasteiger partial charge >= 0.3 is 0 Å². The Balaban J connectivity index is 1.68. The van der Waals surface area contributed by atoms with E-state index < -0.39 is 10.1 Å². The van der Waals surface area contributed by atoms with Gasteiger partial charge in [-0.25, -0.2) is 0 Å². The molecule has 0 aromatic heterocycles. The summed E-state index contributed by atoms with van der Waals surface area (Å²) >= 11 is 0. The van der Waals surface area contributed by atoms with Crippen molar-refractivity contribution in [1.82, 2.24) is 0 Å². The molecule has 0 fully saturated rings. The number of hydrogen-bond acceptors (Lipinski definition) is 5. The van der Waals surface area contributed by atoms with Crippen LogP contribution in [0.3, 0.4) is 0 Å². The van der Waals surface area contributed by atoms with E-state index in [1.54, 1.807) is 38.5 Å². The van der Waals surface area contributed by atoms with Gasteiger partial charge in [-0.05, 0) is 61.1 Å². The molecule has 0 bridgehead atoms. The Hall–Kier alpha value is -2.05. The summed E-state index contributed by atoms with van der Waals surface area (Å²) in [5, 5.41) is 0. The Morgan fingerprint density at radius 1 is 0.960 bits per heavy atom. The lowest BCUT2D eigenvalue weighted by Crippen LogP contribution is -2.15. The van der Waals surface area contributed by atoms with Crippen molar-refractivity contribution in [2.75, 3.05) is 20.8 Å². The first-order valence-corrected chi connectivity index (χ1v) is 9.53. The van der Waals surface area contributed by atoms with Crippen LogP contribution in [0.25, 0.3) is 0 Å². The van der Waals surface area contributed by atoms with Crippen LogP contribution in [0.2, 0.25) is 0 Å². The van der Waals surface area contributed by atoms with Gasteiger partial charge in [-0.2, -0.15) is 8.42 Å². The van der Waals surface area contributed by atoms with Gasteiger partial charge in [-0.3, -0.25) is 4.18 Å². The summed E-state index contributed by atoms with van der Waals surface area (Å²) in [6.07, 6.45) is 1.53. The van der Waals surface area contributed by atoms with E-state index in [9.17, 15) is 8.42 Å². The highest BCUT2D eigenvalue weighted by atomic mass is 32.2. The molecule has 2 aromatic carbocycles. The third-order valence-corrected chi connectivity index (χ3v) is 5.79. The molecule has 5 nitrogen and oxygen atoms in total. The first-order valence-electron chi connectivity index (χ1n) is 8.13. The molecule has 2 aromatic rings. The molecule has 0 heterocycles. The van der Waals surface area contributed by atoms with Crippen LogP contribution in [-0.2, 0) is 27.1 Å². The molecular weight excluding hydrogens is 340 g/mol. The zero-order valence-electron chi connectivity index (χ0n) is 14.6. The molecule has 0 unspecified atom stereocenters. The normalized spacial score (nSPS) is 14.4. The fourth-order valence-corrected chi connectivity index (χ4v) is 4.09. The number of hydrogen-bond donors (Lipinski definition) is 0. The van der Waals surface area contributed by atoms with Crippen LogP contribution in [0.15, 0.2) is 41.3 Å². The van der Waals surface area contributed by atoms with E-state index in [2.05, 4.69) is 0 Å². The third-order valence-electron chi connectivity index (χ3n) is 4.49. The fraction of sp³-hybridized carbons (Fsp3) is 0.368. The monoisotopic (exact) mass is 362 g/mol. The summed E-state index contributed by atoms with van der Waals surface area (Å²) in [4.78, 5) is 0.192. The van der Waals surface area contributed by atoms with Crippen molar-refractivity contribution in [3.05, 3.63) is 53.1 Å². The number of benzene rings is 2. The summed E-state index contributed by atoms with van der Waals surface area (Å²) in [5.74, 6) is 1.50. The topological polar surface area (TPSA) is 61.8 Å². The molecule has 1 aliphatic carbocycles. The molecule has 0 saturated heterocycles. The minimum absolute atomic E-state index is 0.118. The Kier molecular flexibility index (Phi) is 5.01. The highest BCUT2D eigenvalue weighted by Gasteiger charge is 2.26. The van der Waals surface area contributed by atoms with Gasteiger partial charge in [0, 0.05) is 0 Å². The maximum Gasteiger partial charge on any atom is 0.296 e. The molecule has 1 aliphatic rings. The third kappa shape index (κ3) is 3.80. The molecule has 0 spiro atoms. The zero-order valence-corrected chi connectivity index (χ0v) is 15.4. The van der Waals surface area contributed by atoms with Gasteiger partial charge in [-0.1, -0.05) is 17.7 Å². The summed E-state index contributed by atoms with van der Waals surface area (Å²) in [6, 6.07) is 10.6. The largest absolute Gasteiger partial charge is 0.493 e. The molecule has 0 amide bonds. The minimum atomic E-state index is -3.73. The number of aryl methyl sites for hydroxylation is 1. The van der Waals surface area contributed by atoms with Crippen LogP contribution in [0.5, 0.6) is 11.5 Å².